The topological polar surface area (TPSA) is 49.4 Å². The van der Waals surface area contributed by atoms with Crippen molar-refractivity contribution in [3.8, 4) is 0 Å². The van der Waals surface area contributed by atoms with Gasteiger partial charge in [-0.15, -0.1) is 0 Å². The lowest BCUT2D eigenvalue weighted by molar-refractivity contribution is -0.141. The van der Waals surface area contributed by atoms with Crippen molar-refractivity contribution in [2.24, 2.45) is 5.92 Å². The van der Waals surface area contributed by atoms with Gasteiger partial charge in [-0.25, -0.2) is 4.39 Å². The third-order valence-electron chi connectivity index (χ3n) is 3.85. The van der Waals surface area contributed by atoms with Crippen LogP contribution in [0.2, 0.25) is 0 Å². The maximum absolute atomic E-state index is 14.1. The fourth-order valence-corrected chi connectivity index (χ4v) is 2.84. The molecule has 5 heteroatoms. The van der Waals surface area contributed by atoms with Gasteiger partial charge in [0.15, 0.2) is 0 Å². The second kappa shape index (κ2) is 6.24. The van der Waals surface area contributed by atoms with Gasteiger partial charge in [0, 0.05) is 25.1 Å². The molecule has 21 heavy (non-hydrogen) atoms. The SMILES string of the molecule is CC(C)NC(=O)[C@H]1CCC(=O)N(C)[C@@H]1c1ccccc1F. The van der Waals surface area contributed by atoms with Crippen LogP contribution >= 0.6 is 0 Å². The molecule has 1 aromatic rings. The van der Waals surface area contributed by atoms with E-state index in [2.05, 4.69) is 5.32 Å². The number of carbonyl (C=O) groups excluding carboxylic acids is 2. The van der Waals surface area contributed by atoms with Crippen LogP contribution in [0.4, 0.5) is 4.39 Å². The molecular formula is C16H21FN2O2. The molecule has 2 rings (SSSR count). The number of piperidine rings is 1. The number of hydrogen-bond acceptors (Lipinski definition) is 2. The van der Waals surface area contributed by atoms with Crippen LogP contribution in [0, 0.1) is 11.7 Å². The van der Waals surface area contributed by atoms with E-state index in [4.69, 9.17) is 0 Å². The summed E-state index contributed by atoms with van der Waals surface area (Å²) < 4.78 is 14.1. The predicted octanol–water partition coefficient (Wildman–Crippen LogP) is 2.26. The predicted molar refractivity (Wildman–Crippen MR) is 77.9 cm³/mol. The summed E-state index contributed by atoms with van der Waals surface area (Å²) in [5, 5.41) is 2.87. The Morgan fingerprint density at radius 2 is 2.05 bits per heavy atom. The Morgan fingerprint density at radius 3 is 2.67 bits per heavy atom. The van der Waals surface area contributed by atoms with Crippen molar-refractivity contribution in [2.75, 3.05) is 7.05 Å². The molecule has 0 unspecified atom stereocenters. The lowest BCUT2D eigenvalue weighted by Gasteiger charge is -2.38. The highest BCUT2D eigenvalue weighted by molar-refractivity contribution is 5.85. The van der Waals surface area contributed by atoms with E-state index in [9.17, 15) is 14.0 Å². The number of rotatable bonds is 3. The van der Waals surface area contributed by atoms with E-state index in [1.807, 2.05) is 13.8 Å². The van der Waals surface area contributed by atoms with Gasteiger partial charge < -0.3 is 10.2 Å². The minimum absolute atomic E-state index is 0.0155. The Bertz CT molecular complexity index is 545. The Morgan fingerprint density at radius 1 is 1.38 bits per heavy atom. The number of nitrogens with one attached hydrogen (secondary N) is 1. The minimum atomic E-state index is -0.550. The molecular weight excluding hydrogens is 271 g/mol. The largest absolute Gasteiger partial charge is 0.354 e. The maximum atomic E-state index is 14.1. The fraction of sp³-hybridized carbons (Fsp3) is 0.500. The first kappa shape index (κ1) is 15.5. The smallest absolute Gasteiger partial charge is 0.225 e. The van der Waals surface area contributed by atoms with Crippen molar-refractivity contribution in [1.29, 1.82) is 0 Å². The molecule has 4 nitrogen and oxygen atoms in total. The minimum Gasteiger partial charge on any atom is -0.354 e. The molecule has 1 aliphatic heterocycles. The van der Waals surface area contributed by atoms with Crippen molar-refractivity contribution in [3.63, 3.8) is 0 Å². The molecule has 0 bridgehead atoms. The molecule has 0 spiro atoms. The molecule has 0 saturated carbocycles. The molecule has 114 valence electrons. The number of nitrogens with zero attached hydrogens (tertiary/aromatic N) is 1. The van der Waals surface area contributed by atoms with Crippen molar-refractivity contribution >= 4 is 11.8 Å². The first-order valence-corrected chi connectivity index (χ1v) is 7.22. The Hall–Kier alpha value is -1.91. The third-order valence-corrected chi connectivity index (χ3v) is 3.85. The zero-order valence-electron chi connectivity index (χ0n) is 12.6. The first-order chi connectivity index (χ1) is 9.91. The van der Waals surface area contributed by atoms with Gasteiger partial charge in [-0.2, -0.15) is 0 Å². The molecule has 1 saturated heterocycles. The second-order valence-corrected chi connectivity index (χ2v) is 5.78. The van der Waals surface area contributed by atoms with Crippen molar-refractivity contribution < 1.29 is 14.0 Å². The zero-order chi connectivity index (χ0) is 15.6. The van der Waals surface area contributed by atoms with E-state index in [0.29, 0.717) is 18.4 Å². The highest BCUT2D eigenvalue weighted by Gasteiger charge is 2.39. The first-order valence-electron chi connectivity index (χ1n) is 7.22. The van der Waals surface area contributed by atoms with E-state index in [1.54, 1.807) is 25.2 Å². The number of hydrogen-bond donors (Lipinski definition) is 1. The summed E-state index contributed by atoms with van der Waals surface area (Å²) in [4.78, 5) is 25.8. The maximum Gasteiger partial charge on any atom is 0.225 e. The van der Waals surface area contributed by atoms with Gasteiger partial charge in [0.05, 0.1) is 12.0 Å². The van der Waals surface area contributed by atoms with Crippen LogP contribution in [0.5, 0.6) is 0 Å². The number of carbonyl (C=O) groups is 2. The molecule has 0 aromatic heterocycles. The molecule has 0 radical (unpaired) electrons. The average Bonchev–Trinajstić information content (AvgIpc) is 2.42. The number of amides is 2. The summed E-state index contributed by atoms with van der Waals surface area (Å²) in [6.07, 6.45) is 0.762. The zero-order valence-corrected chi connectivity index (χ0v) is 12.6. The number of likely N-dealkylation sites (tertiary alicyclic amines) is 1. The van der Waals surface area contributed by atoms with Crippen molar-refractivity contribution in [1.82, 2.24) is 10.2 Å². The lowest BCUT2D eigenvalue weighted by atomic mass is 9.83. The molecule has 1 N–H and O–H groups in total. The van der Waals surface area contributed by atoms with Gasteiger partial charge in [-0.3, -0.25) is 9.59 Å². The average molecular weight is 292 g/mol. The summed E-state index contributed by atoms with van der Waals surface area (Å²) in [7, 11) is 1.63. The molecule has 1 aromatic carbocycles. The summed E-state index contributed by atoms with van der Waals surface area (Å²) in [6.45, 7) is 3.77. The highest BCUT2D eigenvalue weighted by atomic mass is 19.1. The van der Waals surface area contributed by atoms with E-state index < -0.39 is 12.0 Å². The Labute approximate surface area is 124 Å². The van der Waals surface area contributed by atoms with Crippen LogP contribution in [0.25, 0.3) is 0 Å². The van der Waals surface area contributed by atoms with Gasteiger partial charge >= 0.3 is 0 Å². The number of halogens is 1. The lowest BCUT2D eigenvalue weighted by Crippen LogP contribution is -2.47. The fourth-order valence-electron chi connectivity index (χ4n) is 2.84. The molecule has 2 amide bonds. The van der Waals surface area contributed by atoms with Crippen LogP contribution in [0.1, 0.15) is 38.3 Å². The molecule has 1 aliphatic rings. The van der Waals surface area contributed by atoms with Gasteiger partial charge in [-0.05, 0) is 26.3 Å². The van der Waals surface area contributed by atoms with Crippen LogP contribution < -0.4 is 5.32 Å². The van der Waals surface area contributed by atoms with E-state index in [1.165, 1.54) is 11.0 Å². The summed E-state index contributed by atoms with van der Waals surface area (Å²) in [5.41, 5.74) is 0.400. The van der Waals surface area contributed by atoms with E-state index >= 15 is 0 Å². The highest BCUT2D eigenvalue weighted by Crippen LogP contribution is 2.36. The van der Waals surface area contributed by atoms with Crippen LogP contribution in [-0.2, 0) is 9.59 Å². The van der Waals surface area contributed by atoms with E-state index in [-0.39, 0.29) is 23.7 Å². The molecule has 0 aliphatic carbocycles. The van der Waals surface area contributed by atoms with Crippen LogP contribution in [-0.4, -0.2) is 29.8 Å². The van der Waals surface area contributed by atoms with Crippen molar-refractivity contribution in [3.05, 3.63) is 35.6 Å². The molecule has 1 heterocycles. The van der Waals surface area contributed by atoms with Crippen LogP contribution in [0.3, 0.4) is 0 Å². The molecule has 1 fully saturated rings. The summed E-state index contributed by atoms with van der Waals surface area (Å²) in [5.74, 6) is -0.993. The van der Waals surface area contributed by atoms with Crippen LogP contribution in [0.15, 0.2) is 24.3 Å². The Balaban J connectivity index is 2.36. The quantitative estimate of drug-likeness (QED) is 0.929. The van der Waals surface area contributed by atoms with E-state index in [0.717, 1.165) is 0 Å². The summed E-state index contributed by atoms with van der Waals surface area (Å²) in [6, 6.07) is 5.80. The standard InChI is InChI=1S/C16H21FN2O2/c1-10(2)18-16(21)12-8-9-14(20)19(3)15(12)11-6-4-5-7-13(11)17/h4-7,10,12,15H,8-9H2,1-3H3,(H,18,21)/t12-,15+/m0/s1. The van der Waals surface area contributed by atoms with Gasteiger partial charge in [0.25, 0.3) is 0 Å². The molecule has 2 atom stereocenters. The van der Waals surface area contributed by atoms with Gasteiger partial charge in [0.2, 0.25) is 11.8 Å². The van der Waals surface area contributed by atoms with Gasteiger partial charge in [-0.1, -0.05) is 18.2 Å². The monoisotopic (exact) mass is 292 g/mol. The summed E-state index contributed by atoms with van der Waals surface area (Å²) >= 11 is 0. The van der Waals surface area contributed by atoms with Gasteiger partial charge in [0.1, 0.15) is 5.82 Å². The second-order valence-electron chi connectivity index (χ2n) is 5.78. The van der Waals surface area contributed by atoms with Crippen molar-refractivity contribution in [2.45, 2.75) is 38.8 Å². The normalized spacial score (nSPS) is 22.5. The number of benzene rings is 1. The Kier molecular flexibility index (Phi) is 4.60. The third kappa shape index (κ3) is 3.23.